The summed E-state index contributed by atoms with van der Waals surface area (Å²) in [6, 6.07) is 21.3. The van der Waals surface area contributed by atoms with Crippen molar-refractivity contribution in [2.75, 3.05) is 0 Å². The number of aromatic nitrogens is 3. The number of rotatable bonds is 6. The second kappa shape index (κ2) is 9.30. The van der Waals surface area contributed by atoms with E-state index in [1.807, 2.05) is 30.3 Å². The minimum atomic E-state index is -0.707. The summed E-state index contributed by atoms with van der Waals surface area (Å²) >= 11 is 6.25. The van der Waals surface area contributed by atoms with Crippen molar-refractivity contribution in [1.29, 1.82) is 0 Å². The fourth-order valence-corrected chi connectivity index (χ4v) is 3.63. The van der Waals surface area contributed by atoms with Crippen molar-refractivity contribution in [2.24, 2.45) is 5.73 Å². The minimum Gasteiger partial charge on any atom is -0.322 e. The number of halogens is 2. The SMILES string of the molecule is NC(Cn1c(=O)c(-c2ccccc2F)nn(Cc2ccccc2Cl)c1=O)c1ccccc1. The Morgan fingerprint density at radius 2 is 1.59 bits per heavy atom. The molecule has 1 aromatic heterocycles. The Bertz CT molecular complexity index is 1370. The van der Waals surface area contributed by atoms with Gasteiger partial charge >= 0.3 is 5.69 Å². The van der Waals surface area contributed by atoms with Crippen molar-refractivity contribution in [1.82, 2.24) is 14.3 Å². The first-order valence-corrected chi connectivity index (χ1v) is 10.3. The molecule has 1 atom stereocenters. The van der Waals surface area contributed by atoms with Crippen molar-refractivity contribution < 1.29 is 4.39 Å². The molecule has 32 heavy (non-hydrogen) atoms. The largest absolute Gasteiger partial charge is 0.347 e. The normalized spacial score (nSPS) is 12.0. The molecule has 0 spiro atoms. The first-order chi connectivity index (χ1) is 15.5. The first kappa shape index (κ1) is 21.7. The van der Waals surface area contributed by atoms with Crippen LogP contribution in [0.4, 0.5) is 4.39 Å². The summed E-state index contributed by atoms with van der Waals surface area (Å²) in [5.41, 5.74) is 6.17. The summed E-state index contributed by atoms with van der Waals surface area (Å²) in [6.07, 6.45) is 0. The van der Waals surface area contributed by atoms with Crippen LogP contribution in [0.25, 0.3) is 11.3 Å². The lowest BCUT2D eigenvalue weighted by atomic mass is 10.1. The van der Waals surface area contributed by atoms with E-state index in [9.17, 15) is 14.0 Å². The number of benzene rings is 3. The Hall–Kier alpha value is -3.55. The minimum absolute atomic E-state index is 0.00689. The number of hydrogen-bond donors (Lipinski definition) is 1. The number of hydrogen-bond acceptors (Lipinski definition) is 4. The molecule has 2 N–H and O–H groups in total. The van der Waals surface area contributed by atoms with Crippen LogP contribution in [-0.4, -0.2) is 14.3 Å². The van der Waals surface area contributed by atoms with Crippen LogP contribution in [0.15, 0.2) is 88.5 Å². The monoisotopic (exact) mass is 450 g/mol. The third-order valence-electron chi connectivity index (χ3n) is 5.13. The maximum absolute atomic E-state index is 14.5. The summed E-state index contributed by atoms with van der Waals surface area (Å²) in [5.74, 6) is -0.612. The average Bonchev–Trinajstić information content (AvgIpc) is 2.81. The smallest absolute Gasteiger partial charge is 0.322 e. The molecule has 1 heterocycles. The van der Waals surface area contributed by atoms with Crippen molar-refractivity contribution in [2.45, 2.75) is 19.1 Å². The first-order valence-electron chi connectivity index (χ1n) is 9.96. The van der Waals surface area contributed by atoms with Crippen LogP contribution in [0.1, 0.15) is 17.2 Å². The zero-order valence-corrected chi connectivity index (χ0v) is 17.7. The molecule has 162 valence electrons. The highest BCUT2D eigenvalue weighted by Crippen LogP contribution is 2.19. The third-order valence-corrected chi connectivity index (χ3v) is 5.50. The van der Waals surface area contributed by atoms with Crippen molar-refractivity contribution in [3.63, 3.8) is 0 Å². The van der Waals surface area contributed by atoms with Gasteiger partial charge < -0.3 is 5.73 Å². The van der Waals surface area contributed by atoms with Crippen LogP contribution in [0.5, 0.6) is 0 Å². The molecule has 0 aliphatic heterocycles. The van der Waals surface area contributed by atoms with E-state index in [0.29, 0.717) is 10.6 Å². The van der Waals surface area contributed by atoms with Gasteiger partial charge in [0.1, 0.15) is 5.82 Å². The van der Waals surface area contributed by atoms with Gasteiger partial charge in [-0.2, -0.15) is 5.10 Å². The second-order valence-corrected chi connectivity index (χ2v) is 7.70. The second-order valence-electron chi connectivity index (χ2n) is 7.29. The molecule has 0 aliphatic rings. The molecular weight excluding hydrogens is 431 g/mol. The van der Waals surface area contributed by atoms with Gasteiger partial charge in [0.05, 0.1) is 13.1 Å². The van der Waals surface area contributed by atoms with E-state index in [1.165, 1.54) is 18.2 Å². The quantitative estimate of drug-likeness (QED) is 0.486. The predicted octanol–water partition coefficient (Wildman–Crippen LogP) is 3.61. The molecule has 0 amide bonds. The topological polar surface area (TPSA) is 82.9 Å². The lowest BCUT2D eigenvalue weighted by Gasteiger charge is -2.16. The highest BCUT2D eigenvalue weighted by Gasteiger charge is 2.20. The molecule has 4 rings (SSSR count). The fourth-order valence-electron chi connectivity index (χ4n) is 3.44. The van der Waals surface area contributed by atoms with Gasteiger partial charge in [-0.1, -0.05) is 72.3 Å². The van der Waals surface area contributed by atoms with E-state index >= 15 is 0 Å². The van der Waals surface area contributed by atoms with Crippen LogP contribution in [0.3, 0.4) is 0 Å². The molecule has 1 unspecified atom stereocenters. The van der Waals surface area contributed by atoms with Gasteiger partial charge in [-0.15, -0.1) is 0 Å². The zero-order chi connectivity index (χ0) is 22.7. The highest BCUT2D eigenvalue weighted by molar-refractivity contribution is 6.31. The van der Waals surface area contributed by atoms with Gasteiger partial charge in [-0.05, 0) is 29.3 Å². The molecule has 0 saturated carbocycles. The maximum Gasteiger partial charge on any atom is 0.347 e. The summed E-state index contributed by atoms with van der Waals surface area (Å²) in [5, 5.41) is 4.66. The van der Waals surface area contributed by atoms with E-state index in [0.717, 1.165) is 14.8 Å². The molecule has 0 saturated heterocycles. The van der Waals surface area contributed by atoms with Crippen molar-refractivity contribution >= 4 is 11.6 Å². The maximum atomic E-state index is 14.5. The van der Waals surface area contributed by atoms with Crippen LogP contribution in [-0.2, 0) is 13.1 Å². The van der Waals surface area contributed by atoms with E-state index in [-0.39, 0.29) is 24.3 Å². The lowest BCUT2D eigenvalue weighted by Crippen LogP contribution is -2.44. The van der Waals surface area contributed by atoms with Gasteiger partial charge in [-0.25, -0.2) is 13.9 Å². The molecule has 4 aromatic rings. The van der Waals surface area contributed by atoms with Gasteiger partial charge in [0.2, 0.25) is 0 Å². The van der Waals surface area contributed by atoms with E-state index in [4.69, 9.17) is 17.3 Å². The Morgan fingerprint density at radius 3 is 2.31 bits per heavy atom. The van der Waals surface area contributed by atoms with Crippen molar-refractivity contribution in [3.8, 4) is 11.3 Å². The Kier molecular flexibility index (Phi) is 6.30. The Balaban J connectivity index is 1.87. The summed E-state index contributed by atoms with van der Waals surface area (Å²) in [7, 11) is 0. The molecular formula is C24H20ClFN4O2. The molecule has 3 aromatic carbocycles. The standard InChI is InChI=1S/C24H20ClFN4O2/c25-19-12-6-4-10-17(19)14-30-24(32)29(15-21(27)16-8-2-1-3-9-16)23(31)22(28-30)18-11-5-7-13-20(18)26/h1-13,21H,14-15,27H2. The fraction of sp³-hybridized carbons (Fsp3) is 0.125. The van der Waals surface area contributed by atoms with E-state index in [1.54, 1.807) is 30.3 Å². The van der Waals surface area contributed by atoms with Gasteiger partial charge in [0.15, 0.2) is 5.69 Å². The summed E-state index contributed by atoms with van der Waals surface area (Å²) in [6.45, 7) is -0.0744. The predicted molar refractivity (Wildman–Crippen MR) is 122 cm³/mol. The van der Waals surface area contributed by atoms with Crippen LogP contribution < -0.4 is 17.0 Å². The number of nitrogens with zero attached hydrogens (tertiary/aromatic N) is 3. The average molecular weight is 451 g/mol. The molecule has 0 radical (unpaired) electrons. The van der Waals surface area contributed by atoms with Crippen LogP contribution in [0, 0.1) is 5.82 Å². The van der Waals surface area contributed by atoms with Gasteiger partial charge in [0.25, 0.3) is 5.56 Å². The zero-order valence-electron chi connectivity index (χ0n) is 17.0. The van der Waals surface area contributed by atoms with Crippen molar-refractivity contribution in [3.05, 3.63) is 122 Å². The third kappa shape index (κ3) is 4.39. The summed E-state index contributed by atoms with van der Waals surface area (Å²) < 4.78 is 16.6. The van der Waals surface area contributed by atoms with Crippen LogP contribution in [0.2, 0.25) is 5.02 Å². The molecule has 0 bridgehead atoms. The molecule has 0 aliphatic carbocycles. The van der Waals surface area contributed by atoms with Crippen LogP contribution >= 0.6 is 11.6 Å². The molecule has 6 nitrogen and oxygen atoms in total. The van der Waals surface area contributed by atoms with E-state index in [2.05, 4.69) is 5.10 Å². The lowest BCUT2D eigenvalue weighted by molar-refractivity contribution is 0.483. The molecule has 8 heteroatoms. The van der Waals surface area contributed by atoms with E-state index < -0.39 is 23.1 Å². The Labute approximate surface area is 188 Å². The molecule has 0 fully saturated rings. The Morgan fingerprint density at radius 1 is 0.938 bits per heavy atom. The summed E-state index contributed by atoms with van der Waals surface area (Å²) in [4.78, 5) is 26.4. The van der Waals surface area contributed by atoms with Gasteiger partial charge in [0, 0.05) is 16.6 Å². The highest BCUT2D eigenvalue weighted by atomic mass is 35.5. The number of nitrogens with two attached hydrogens (primary N) is 1. The van der Waals surface area contributed by atoms with Gasteiger partial charge in [-0.3, -0.25) is 9.36 Å².